The molecular formula is C25H24F7N5O4. The monoisotopic (exact) mass is 591 g/mol. The fourth-order valence-electron chi connectivity index (χ4n) is 3.47. The van der Waals surface area contributed by atoms with Crippen molar-refractivity contribution in [1.82, 2.24) is 25.6 Å². The van der Waals surface area contributed by atoms with Crippen LogP contribution in [0.4, 0.5) is 30.7 Å². The first-order valence-corrected chi connectivity index (χ1v) is 12.0. The van der Waals surface area contributed by atoms with Crippen LogP contribution in [0.25, 0.3) is 5.69 Å². The van der Waals surface area contributed by atoms with Crippen LogP contribution in [0.5, 0.6) is 5.75 Å². The molecule has 0 spiro atoms. The molecular weight excluding hydrogens is 567 g/mol. The summed E-state index contributed by atoms with van der Waals surface area (Å²) in [5.41, 5.74) is -3.28. The molecule has 0 atom stereocenters. The number of hydrogen-bond donors (Lipinski definition) is 2. The first-order chi connectivity index (χ1) is 19.3. The molecule has 1 aromatic heterocycles. The average molecular weight is 591 g/mol. The molecule has 0 aliphatic carbocycles. The van der Waals surface area contributed by atoms with Gasteiger partial charge in [-0.3, -0.25) is 9.59 Å². The van der Waals surface area contributed by atoms with Crippen molar-refractivity contribution in [3.8, 4) is 11.4 Å². The van der Waals surface area contributed by atoms with Crippen LogP contribution in [0, 0.1) is 0 Å². The Labute approximate surface area is 228 Å². The second-order valence-electron chi connectivity index (χ2n) is 8.34. The molecule has 222 valence electrons. The van der Waals surface area contributed by atoms with E-state index in [0.29, 0.717) is 18.7 Å². The largest absolute Gasteiger partial charge is 0.489 e. The molecule has 0 saturated heterocycles. The topological polar surface area (TPSA) is 107 Å². The number of alkyl halides is 7. The van der Waals surface area contributed by atoms with Gasteiger partial charge in [-0.25, -0.2) is 9.07 Å². The van der Waals surface area contributed by atoms with Gasteiger partial charge in [0.25, 0.3) is 11.8 Å². The van der Waals surface area contributed by atoms with Crippen LogP contribution < -0.4 is 15.4 Å². The van der Waals surface area contributed by atoms with Crippen LogP contribution in [0.1, 0.15) is 44.5 Å². The van der Waals surface area contributed by atoms with Gasteiger partial charge in [0, 0.05) is 18.7 Å². The van der Waals surface area contributed by atoms with E-state index in [9.17, 15) is 40.3 Å². The minimum Gasteiger partial charge on any atom is -0.489 e. The SMILES string of the molecule is CCNC(=O)c1ccc(-n2cc(C(=O)NCc3cc(C(F)(F)F)cc(C(F)(F)F)c3)nn2)c(OCCOCCF)c1. The third-order valence-corrected chi connectivity index (χ3v) is 5.34. The van der Waals surface area contributed by atoms with E-state index in [1.165, 1.54) is 18.2 Å². The Balaban J connectivity index is 1.80. The fourth-order valence-corrected chi connectivity index (χ4v) is 3.47. The van der Waals surface area contributed by atoms with Gasteiger partial charge in [-0.1, -0.05) is 5.21 Å². The van der Waals surface area contributed by atoms with Gasteiger partial charge >= 0.3 is 12.4 Å². The maximum absolute atomic E-state index is 13.1. The molecule has 9 nitrogen and oxygen atoms in total. The zero-order valence-corrected chi connectivity index (χ0v) is 21.4. The minimum absolute atomic E-state index is 0.0130. The van der Waals surface area contributed by atoms with Gasteiger partial charge < -0.3 is 20.1 Å². The number of halogens is 7. The molecule has 2 amide bonds. The summed E-state index contributed by atoms with van der Waals surface area (Å²) in [5.74, 6) is -1.18. The smallest absolute Gasteiger partial charge is 0.416 e. The second kappa shape index (κ2) is 13.4. The van der Waals surface area contributed by atoms with Crippen molar-refractivity contribution in [2.24, 2.45) is 0 Å². The van der Waals surface area contributed by atoms with Crippen molar-refractivity contribution in [2.75, 3.05) is 33.0 Å². The van der Waals surface area contributed by atoms with Crippen molar-refractivity contribution in [2.45, 2.75) is 25.8 Å². The van der Waals surface area contributed by atoms with Gasteiger partial charge in [0.1, 0.15) is 24.7 Å². The number of nitrogens with one attached hydrogen (secondary N) is 2. The number of nitrogens with zero attached hydrogens (tertiary/aromatic N) is 3. The molecule has 3 rings (SSSR count). The highest BCUT2D eigenvalue weighted by molar-refractivity contribution is 5.95. The standard InChI is InChI=1S/C25H24F7N5O4/c1-2-33-22(38)16-3-4-20(21(11-16)41-8-7-40-6-5-26)37-14-19(35-36-37)23(39)34-13-15-9-17(24(27,28)29)12-18(10-15)25(30,31)32/h3-4,9-12,14H,2,5-8,13H2,1H3,(H,33,38)(H,34,39). The van der Waals surface area contributed by atoms with Crippen LogP contribution in [-0.4, -0.2) is 59.8 Å². The fraction of sp³-hybridized carbons (Fsp3) is 0.360. The van der Waals surface area contributed by atoms with Gasteiger partial charge in [0.15, 0.2) is 5.69 Å². The van der Waals surface area contributed by atoms with Crippen LogP contribution >= 0.6 is 0 Å². The molecule has 1 heterocycles. The number of rotatable bonds is 12. The van der Waals surface area contributed by atoms with Crippen LogP contribution in [0.15, 0.2) is 42.6 Å². The summed E-state index contributed by atoms with van der Waals surface area (Å²) >= 11 is 0. The van der Waals surface area contributed by atoms with Crippen molar-refractivity contribution in [1.29, 1.82) is 0 Å². The molecule has 0 fully saturated rings. The van der Waals surface area contributed by atoms with Crippen LogP contribution in [0.2, 0.25) is 0 Å². The van der Waals surface area contributed by atoms with Crippen molar-refractivity contribution in [3.63, 3.8) is 0 Å². The van der Waals surface area contributed by atoms with E-state index in [1.54, 1.807) is 6.92 Å². The zero-order valence-electron chi connectivity index (χ0n) is 21.4. The number of hydrogen-bond acceptors (Lipinski definition) is 6. The summed E-state index contributed by atoms with van der Waals surface area (Å²) in [6.45, 7) is 0.639. The maximum atomic E-state index is 13.1. The van der Waals surface area contributed by atoms with Gasteiger partial charge in [-0.2, -0.15) is 26.3 Å². The zero-order chi connectivity index (χ0) is 30.2. The van der Waals surface area contributed by atoms with Crippen molar-refractivity contribution >= 4 is 11.8 Å². The van der Waals surface area contributed by atoms with E-state index in [-0.39, 0.29) is 54.5 Å². The van der Waals surface area contributed by atoms with Gasteiger partial charge in [0.2, 0.25) is 0 Å². The number of amides is 2. The molecule has 0 aliphatic heterocycles. The predicted molar refractivity (Wildman–Crippen MR) is 129 cm³/mol. The van der Waals surface area contributed by atoms with Crippen molar-refractivity contribution < 1.29 is 49.8 Å². The normalized spacial score (nSPS) is 11.8. The van der Waals surface area contributed by atoms with E-state index in [1.807, 2.05) is 0 Å². The Bertz CT molecular complexity index is 1330. The molecule has 0 bridgehead atoms. The first kappa shape index (κ1) is 31.3. The summed E-state index contributed by atoms with van der Waals surface area (Å²) in [5, 5.41) is 12.4. The Kier molecular flexibility index (Phi) is 10.3. The molecule has 0 radical (unpaired) electrons. The number of ether oxygens (including phenoxy) is 2. The second-order valence-corrected chi connectivity index (χ2v) is 8.34. The van der Waals surface area contributed by atoms with E-state index >= 15 is 0 Å². The van der Waals surface area contributed by atoms with Crippen LogP contribution in [-0.2, 0) is 23.6 Å². The van der Waals surface area contributed by atoms with Gasteiger partial charge in [-0.15, -0.1) is 5.10 Å². The maximum Gasteiger partial charge on any atom is 0.416 e. The highest BCUT2D eigenvalue weighted by atomic mass is 19.4. The summed E-state index contributed by atoms with van der Waals surface area (Å²) in [6, 6.07) is 5.32. The Morgan fingerprint density at radius 3 is 2.20 bits per heavy atom. The van der Waals surface area contributed by atoms with Crippen molar-refractivity contribution in [3.05, 3.63) is 70.5 Å². The Morgan fingerprint density at radius 2 is 1.59 bits per heavy atom. The molecule has 41 heavy (non-hydrogen) atoms. The van der Waals surface area contributed by atoms with E-state index < -0.39 is 48.2 Å². The van der Waals surface area contributed by atoms with Crippen LogP contribution in [0.3, 0.4) is 0 Å². The molecule has 2 aromatic carbocycles. The van der Waals surface area contributed by atoms with E-state index in [2.05, 4.69) is 20.9 Å². The molecule has 2 N–H and O–H groups in total. The van der Waals surface area contributed by atoms with E-state index in [0.717, 1.165) is 10.9 Å². The molecule has 0 saturated carbocycles. The van der Waals surface area contributed by atoms with Gasteiger partial charge in [0.05, 0.1) is 30.5 Å². The minimum atomic E-state index is -5.03. The lowest BCUT2D eigenvalue weighted by Gasteiger charge is -2.14. The number of carbonyl (C=O) groups excluding carboxylic acids is 2. The third kappa shape index (κ3) is 8.64. The number of aromatic nitrogens is 3. The average Bonchev–Trinajstić information content (AvgIpc) is 3.41. The molecule has 16 heteroatoms. The quantitative estimate of drug-likeness (QED) is 0.240. The lowest BCUT2D eigenvalue weighted by atomic mass is 10.0. The molecule has 3 aromatic rings. The summed E-state index contributed by atoms with van der Waals surface area (Å²) in [6.07, 6.45) is -8.92. The van der Waals surface area contributed by atoms with E-state index in [4.69, 9.17) is 9.47 Å². The highest BCUT2D eigenvalue weighted by Gasteiger charge is 2.36. The lowest BCUT2D eigenvalue weighted by Crippen LogP contribution is -2.24. The summed E-state index contributed by atoms with van der Waals surface area (Å²) < 4.78 is 103. The Morgan fingerprint density at radius 1 is 0.902 bits per heavy atom. The molecule has 0 aliphatic rings. The molecule has 0 unspecified atom stereocenters. The first-order valence-electron chi connectivity index (χ1n) is 12.0. The van der Waals surface area contributed by atoms with Gasteiger partial charge in [-0.05, 0) is 48.9 Å². The summed E-state index contributed by atoms with van der Waals surface area (Å²) in [4.78, 5) is 24.8. The highest BCUT2D eigenvalue weighted by Crippen LogP contribution is 2.36. The summed E-state index contributed by atoms with van der Waals surface area (Å²) in [7, 11) is 0. The number of benzene rings is 2. The number of carbonyl (C=O) groups is 2. The predicted octanol–water partition coefficient (Wildman–Crippen LogP) is 4.35. The lowest BCUT2D eigenvalue weighted by molar-refractivity contribution is -0.143. The third-order valence-electron chi connectivity index (χ3n) is 5.34. The Hall–Kier alpha value is -4.21.